The van der Waals surface area contributed by atoms with Crippen LogP contribution in [0.4, 0.5) is 5.82 Å². The Morgan fingerprint density at radius 1 is 1.28 bits per heavy atom. The van der Waals surface area contributed by atoms with Crippen molar-refractivity contribution in [2.45, 2.75) is 0 Å². The van der Waals surface area contributed by atoms with Crippen molar-refractivity contribution < 1.29 is 8.42 Å². The van der Waals surface area contributed by atoms with Crippen LogP contribution in [0.15, 0.2) is 24.3 Å². The Kier molecular flexibility index (Phi) is 3.65. The summed E-state index contributed by atoms with van der Waals surface area (Å²) in [7, 11) is -3.50. The molecule has 3 N–H and O–H groups in total. The van der Waals surface area contributed by atoms with Gasteiger partial charge in [-0.2, -0.15) is 0 Å². The van der Waals surface area contributed by atoms with Crippen LogP contribution in [0.2, 0.25) is 5.28 Å². The van der Waals surface area contributed by atoms with Gasteiger partial charge in [0, 0.05) is 11.9 Å². The SMILES string of the molecule is NS(=O)(=O)CCNc1nc(Cl)nc2ccccc12. The molecule has 0 fully saturated rings. The van der Waals surface area contributed by atoms with Crippen LogP contribution >= 0.6 is 11.6 Å². The second kappa shape index (κ2) is 5.05. The number of primary sulfonamides is 1. The zero-order valence-electron chi connectivity index (χ0n) is 9.30. The van der Waals surface area contributed by atoms with Crippen molar-refractivity contribution in [2.75, 3.05) is 17.6 Å². The lowest BCUT2D eigenvalue weighted by atomic mass is 10.2. The van der Waals surface area contributed by atoms with Crippen LogP contribution in [0.3, 0.4) is 0 Å². The van der Waals surface area contributed by atoms with Gasteiger partial charge in [-0.25, -0.2) is 23.5 Å². The van der Waals surface area contributed by atoms with E-state index < -0.39 is 10.0 Å². The molecule has 2 rings (SSSR count). The average molecular weight is 287 g/mol. The van der Waals surface area contributed by atoms with Gasteiger partial charge in [0.25, 0.3) is 0 Å². The number of hydrogen-bond donors (Lipinski definition) is 2. The van der Waals surface area contributed by atoms with E-state index in [4.69, 9.17) is 16.7 Å². The summed E-state index contributed by atoms with van der Waals surface area (Å²) >= 11 is 5.79. The Bertz CT molecular complexity index is 675. The standard InChI is InChI=1S/C10H11ClN4O2S/c11-10-14-8-4-2-1-3-7(8)9(15-10)13-5-6-18(12,16)17/h1-4H,5-6H2,(H2,12,16,17)(H,13,14,15). The third-order valence-electron chi connectivity index (χ3n) is 2.25. The van der Waals surface area contributed by atoms with E-state index in [-0.39, 0.29) is 17.6 Å². The van der Waals surface area contributed by atoms with Crippen LogP contribution in [0.1, 0.15) is 0 Å². The first-order chi connectivity index (χ1) is 8.46. The smallest absolute Gasteiger partial charge is 0.224 e. The van der Waals surface area contributed by atoms with Crippen LogP contribution in [0, 0.1) is 0 Å². The van der Waals surface area contributed by atoms with Crippen molar-refractivity contribution >= 4 is 38.3 Å². The third-order valence-corrected chi connectivity index (χ3v) is 3.20. The fraction of sp³-hybridized carbons (Fsp3) is 0.200. The van der Waals surface area contributed by atoms with E-state index in [2.05, 4.69) is 15.3 Å². The van der Waals surface area contributed by atoms with Gasteiger partial charge in [0.1, 0.15) is 5.82 Å². The molecule has 6 nitrogen and oxygen atoms in total. The van der Waals surface area contributed by atoms with Crippen LogP contribution < -0.4 is 10.5 Å². The highest BCUT2D eigenvalue weighted by Crippen LogP contribution is 2.21. The first-order valence-corrected chi connectivity index (χ1v) is 7.22. The molecule has 1 aromatic carbocycles. The highest BCUT2D eigenvalue weighted by Gasteiger charge is 2.07. The highest BCUT2D eigenvalue weighted by molar-refractivity contribution is 7.89. The lowest BCUT2D eigenvalue weighted by molar-refractivity contribution is 0.598. The van der Waals surface area contributed by atoms with E-state index in [1.165, 1.54) is 0 Å². The number of nitrogens with one attached hydrogen (secondary N) is 1. The van der Waals surface area contributed by atoms with Gasteiger partial charge in [-0.1, -0.05) is 12.1 Å². The van der Waals surface area contributed by atoms with Gasteiger partial charge in [0.15, 0.2) is 0 Å². The van der Waals surface area contributed by atoms with Gasteiger partial charge in [0.2, 0.25) is 15.3 Å². The summed E-state index contributed by atoms with van der Waals surface area (Å²) in [6.07, 6.45) is 0. The predicted octanol–water partition coefficient (Wildman–Crippen LogP) is 0.984. The van der Waals surface area contributed by atoms with E-state index in [0.717, 1.165) is 5.39 Å². The molecule has 0 amide bonds. The number of sulfonamides is 1. The Labute approximate surface area is 109 Å². The van der Waals surface area contributed by atoms with E-state index >= 15 is 0 Å². The Balaban J connectivity index is 2.27. The molecule has 1 heterocycles. The summed E-state index contributed by atoms with van der Waals surface area (Å²) in [5.41, 5.74) is 0.690. The molecule has 96 valence electrons. The van der Waals surface area contributed by atoms with Crippen molar-refractivity contribution in [3.05, 3.63) is 29.5 Å². The molecule has 0 aliphatic rings. The largest absolute Gasteiger partial charge is 0.368 e. The average Bonchev–Trinajstić information content (AvgIpc) is 2.27. The summed E-state index contributed by atoms with van der Waals surface area (Å²) in [5, 5.41) is 8.68. The molecule has 0 unspecified atom stereocenters. The quantitative estimate of drug-likeness (QED) is 0.817. The summed E-state index contributed by atoms with van der Waals surface area (Å²) in [5.74, 6) is 0.317. The van der Waals surface area contributed by atoms with Crippen molar-refractivity contribution in [2.24, 2.45) is 5.14 Å². The first-order valence-electron chi connectivity index (χ1n) is 5.12. The molecule has 0 spiro atoms. The number of aromatic nitrogens is 2. The van der Waals surface area contributed by atoms with Gasteiger partial charge in [-0.3, -0.25) is 0 Å². The maximum absolute atomic E-state index is 10.8. The van der Waals surface area contributed by atoms with E-state index in [1.54, 1.807) is 6.07 Å². The normalized spacial score (nSPS) is 11.7. The Morgan fingerprint density at radius 3 is 2.72 bits per heavy atom. The molecular weight excluding hydrogens is 276 g/mol. The number of nitrogens with two attached hydrogens (primary N) is 1. The fourth-order valence-corrected chi connectivity index (χ4v) is 2.06. The van der Waals surface area contributed by atoms with Gasteiger partial charge in [-0.05, 0) is 23.7 Å². The maximum atomic E-state index is 10.8. The molecule has 0 aliphatic heterocycles. The molecule has 1 aromatic heterocycles. The lowest BCUT2D eigenvalue weighted by Crippen LogP contribution is -2.22. The summed E-state index contributed by atoms with van der Waals surface area (Å²) in [6.45, 7) is 0.163. The van der Waals surface area contributed by atoms with Crippen LogP contribution in [-0.4, -0.2) is 30.7 Å². The van der Waals surface area contributed by atoms with Gasteiger partial charge in [0.05, 0.1) is 11.3 Å². The molecule has 0 saturated carbocycles. The second-order valence-electron chi connectivity index (χ2n) is 3.65. The lowest BCUT2D eigenvalue weighted by Gasteiger charge is -2.08. The van der Waals surface area contributed by atoms with Gasteiger partial charge in [-0.15, -0.1) is 0 Å². The molecular formula is C10H11ClN4O2S. The number of benzene rings is 1. The summed E-state index contributed by atoms with van der Waals surface area (Å²) < 4.78 is 21.7. The van der Waals surface area contributed by atoms with E-state index in [1.807, 2.05) is 18.2 Å². The van der Waals surface area contributed by atoms with E-state index in [9.17, 15) is 8.42 Å². The van der Waals surface area contributed by atoms with Gasteiger partial charge < -0.3 is 5.32 Å². The Morgan fingerprint density at radius 2 is 2.00 bits per heavy atom. The zero-order valence-corrected chi connectivity index (χ0v) is 10.9. The maximum Gasteiger partial charge on any atom is 0.224 e. The van der Waals surface area contributed by atoms with Crippen LogP contribution in [-0.2, 0) is 10.0 Å². The van der Waals surface area contributed by atoms with Crippen molar-refractivity contribution in [1.29, 1.82) is 0 Å². The van der Waals surface area contributed by atoms with E-state index in [0.29, 0.717) is 11.3 Å². The second-order valence-corrected chi connectivity index (χ2v) is 5.72. The number of anilines is 1. The molecule has 8 heteroatoms. The molecule has 0 bridgehead atoms. The molecule has 0 atom stereocenters. The Hall–Kier alpha value is -1.44. The minimum absolute atomic E-state index is 0.104. The number of hydrogen-bond acceptors (Lipinski definition) is 5. The van der Waals surface area contributed by atoms with Crippen LogP contribution in [0.25, 0.3) is 10.9 Å². The minimum Gasteiger partial charge on any atom is -0.368 e. The first kappa shape index (κ1) is 13.0. The van der Waals surface area contributed by atoms with Crippen molar-refractivity contribution in [3.8, 4) is 0 Å². The number of rotatable bonds is 4. The van der Waals surface area contributed by atoms with Crippen molar-refractivity contribution in [3.63, 3.8) is 0 Å². The summed E-state index contributed by atoms with van der Waals surface area (Å²) in [4.78, 5) is 8.09. The number of nitrogens with zero attached hydrogens (tertiary/aromatic N) is 2. The topological polar surface area (TPSA) is 98.0 Å². The molecule has 18 heavy (non-hydrogen) atoms. The monoisotopic (exact) mass is 286 g/mol. The van der Waals surface area contributed by atoms with Gasteiger partial charge >= 0.3 is 0 Å². The van der Waals surface area contributed by atoms with Crippen molar-refractivity contribution in [1.82, 2.24) is 9.97 Å². The molecule has 0 aliphatic carbocycles. The molecule has 2 aromatic rings. The predicted molar refractivity (Wildman–Crippen MR) is 71.0 cm³/mol. The summed E-state index contributed by atoms with van der Waals surface area (Å²) in [6, 6.07) is 7.29. The molecule has 0 saturated heterocycles. The molecule has 0 radical (unpaired) electrons. The van der Waals surface area contributed by atoms with Crippen LogP contribution in [0.5, 0.6) is 0 Å². The number of para-hydroxylation sites is 1. The zero-order chi connectivity index (χ0) is 13.2. The highest BCUT2D eigenvalue weighted by atomic mass is 35.5. The third kappa shape index (κ3) is 3.28. The fourth-order valence-electron chi connectivity index (χ4n) is 1.49. The number of halogens is 1. The minimum atomic E-state index is -3.50. The number of fused-ring (bicyclic) bond motifs is 1.